The highest BCUT2D eigenvalue weighted by molar-refractivity contribution is 5.71. The molecule has 0 radical (unpaired) electrons. The van der Waals surface area contributed by atoms with E-state index in [2.05, 4.69) is 160 Å². The summed E-state index contributed by atoms with van der Waals surface area (Å²) in [6, 6.07) is 0. The zero-order valence-electron chi connectivity index (χ0n) is 56.4. The van der Waals surface area contributed by atoms with Gasteiger partial charge in [0, 0.05) is 12.8 Å². The minimum Gasteiger partial charge on any atom is -0.477 e. The molecule has 0 aromatic carbocycles. The lowest BCUT2D eigenvalue weighted by Crippen LogP contribution is -2.40. The monoisotopic (exact) mass is 1210 g/mol. The molecule has 0 bridgehead atoms. The first kappa shape index (κ1) is 82.2. The number of ether oxygens (including phenoxy) is 4. The van der Waals surface area contributed by atoms with Crippen molar-refractivity contribution in [1.29, 1.82) is 0 Å². The van der Waals surface area contributed by atoms with E-state index in [0.717, 1.165) is 128 Å². The Morgan fingerprint density at radius 3 is 0.920 bits per heavy atom. The summed E-state index contributed by atoms with van der Waals surface area (Å²) in [5.74, 6) is -2.04. The number of hydrogen-bond donors (Lipinski definition) is 1. The maximum Gasteiger partial charge on any atom is 0.361 e. The Hall–Kier alpha value is -4.83. The molecule has 494 valence electrons. The van der Waals surface area contributed by atoms with Gasteiger partial charge in [-0.15, -0.1) is 0 Å². The van der Waals surface area contributed by atoms with Crippen LogP contribution in [-0.2, 0) is 33.3 Å². The number of aliphatic carboxylic acids is 1. The van der Waals surface area contributed by atoms with Gasteiger partial charge in [-0.05, 0) is 116 Å². The number of carbonyl (C=O) groups excluding carboxylic acids is 2. The molecule has 2 unspecified atom stereocenters. The number of rotatable bonds is 63. The average Bonchev–Trinajstić information content (AvgIpc) is 3.56. The Morgan fingerprint density at radius 2 is 0.621 bits per heavy atom. The van der Waals surface area contributed by atoms with Gasteiger partial charge in [0.15, 0.2) is 6.10 Å². The molecule has 0 amide bonds. The van der Waals surface area contributed by atoms with Crippen LogP contribution in [0.5, 0.6) is 0 Å². The molecule has 0 spiro atoms. The molecule has 0 aliphatic rings. The van der Waals surface area contributed by atoms with Gasteiger partial charge in [-0.2, -0.15) is 0 Å². The molecule has 0 aliphatic heterocycles. The number of unbranched alkanes of at least 4 members (excludes halogenated alkanes) is 24. The van der Waals surface area contributed by atoms with Crippen molar-refractivity contribution in [3.63, 3.8) is 0 Å². The molecule has 0 heterocycles. The van der Waals surface area contributed by atoms with Crippen molar-refractivity contribution < 1.29 is 42.9 Å². The van der Waals surface area contributed by atoms with Crippen LogP contribution in [0.4, 0.5) is 0 Å². The van der Waals surface area contributed by atoms with Gasteiger partial charge in [-0.3, -0.25) is 9.59 Å². The lowest BCUT2D eigenvalue weighted by atomic mass is 10.0. The Kier molecular flexibility index (Phi) is 63.4. The molecule has 2 atom stereocenters. The number of nitrogens with zero attached hydrogens (tertiary/aromatic N) is 1. The molecule has 0 saturated heterocycles. The first-order valence-corrected chi connectivity index (χ1v) is 35.0. The predicted octanol–water partition coefficient (Wildman–Crippen LogP) is 21.9. The highest BCUT2D eigenvalue weighted by Crippen LogP contribution is 2.17. The van der Waals surface area contributed by atoms with Crippen LogP contribution < -0.4 is 0 Å². The van der Waals surface area contributed by atoms with Gasteiger partial charge in [-0.1, -0.05) is 288 Å². The zero-order chi connectivity index (χ0) is 63.3. The van der Waals surface area contributed by atoms with Crippen molar-refractivity contribution in [2.24, 2.45) is 0 Å². The fraction of sp³-hybridized carbons (Fsp3) is 0.654. The second kappa shape index (κ2) is 67.1. The van der Waals surface area contributed by atoms with Gasteiger partial charge in [0.25, 0.3) is 6.29 Å². The van der Waals surface area contributed by atoms with E-state index in [-0.39, 0.29) is 32.2 Å². The van der Waals surface area contributed by atoms with E-state index < -0.39 is 24.3 Å². The van der Waals surface area contributed by atoms with Crippen LogP contribution in [0.2, 0.25) is 0 Å². The summed E-state index contributed by atoms with van der Waals surface area (Å²) >= 11 is 0. The van der Waals surface area contributed by atoms with Crippen molar-refractivity contribution in [2.45, 2.75) is 283 Å². The Morgan fingerprint density at radius 1 is 0.345 bits per heavy atom. The topological polar surface area (TPSA) is 108 Å². The number of quaternary nitrogens is 1. The van der Waals surface area contributed by atoms with E-state index in [1.54, 1.807) is 0 Å². The van der Waals surface area contributed by atoms with Crippen molar-refractivity contribution in [1.82, 2.24) is 0 Å². The largest absolute Gasteiger partial charge is 0.477 e. The predicted molar refractivity (Wildman–Crippen MR) is 373 cm³/mol. The van der Waals surface area contributed by atoms with E-state index in [1.807, 2.05) is 21.1 Å². The molecular weight excluding hydrogens is 1080 g/mol. The van der Waals surface area contributed by atoms with Crippen molar-refractivity contribution >= 4 is 17.9 Å². The maximum atomic E-state index is 12.9. The summed E-state index contributed by atoms with van der Waals surface area (Å²) < 4.78 is 23.0. The van der Waals surface area contributed by atoms with E-state index in [4.69, 9.17) is 18.9 Å². The lowest BCUT2D eigenvalue weighted by molar-refractivity contribution is -0.870. The van der Waals surface area contributed by atoms with Crippen LogP contribution in [0.3, 0.4) is 0 Å². The van der Waals surface area contributed by atoms with Crippen molar-refractivity contribution in [2.75, 3.05) is 47.5 Å². The minimum atomic E-state index is -1.52. The number of carbonyl (C=O) groups is 3. The highest BCUT2D eigenvalue weighted by Gasteiger charge is 2.25. The van der Waals surface area contributed by atoms with Crippen LogP contribution >= 0.6 is 0 Å². The molecule has 0 fully saturated rings. The Labute approximate surface area is 534 Å². The number of carboxylic acid groups (broad SMARTS) is 1. The van der Waals surface area contributed by atoms with E-state index in [0.29, 0.717) is 23.9 Å². The second-order valence-electron chi connectivity index (χ2n) is 24.1. The van der Waals surface area contributed by atoms with Crippen LogP contribution in [0.1, 0.15) is 271 Å². The van der Waals surface area contributed by atoms with Gasteiger partial charge in [0.05, 0.1) is 34.4 Å². The third-order valence-electron chi connectivity index (χ3n) is 14.6. The average molecular weight is 1210 g/mol. The van der Waals surface area contributed by atoms with Crippen LogP contribution in [0.15, 0.2) is 146 Å². The zero-order valence-corrected chi connectivity index (χ0v) is 56.4. The first-order chi connectivity index (χ1) is 42.6. The van der Waals surface area contributed by atoms with E-state index in [9.17, 15) is 19.5 Å². The molecule has 87 heavy (non-hydrogen) atoms. The van der Waals surface area contributed by atoms with E-state index in [1.165, 1.54) is 109 Å². The van der Waals surface area contributed by atoms with Crippen LogP contribution in [0.25, 0.3) is 0 Å². The lowest BCUT2D eigenvalue weighted by Gasteiger charge is -2.25. The summed E-state index contributed by atoms with van der Waals surface area (Å²) in [6.07, 6.45) is 95.3. The molecule has 0 rings (SSSR count). The van der Waals surface area contributed by atoms with E-state index >= 15 is 0 Å². The number of esters is 2. The van der Waals surface area contributed by atoms with Gasteiger partial charge in [-0.25, -0.2) is 4.79 Å². The van der Waals surface area contributed by atoms with Crippen LogP contribution in [-0.4, -0.2) is 87.4 Å². The molecule has 9 heteroatoms. The first-order valence-electron chi connectivity index (χ1n) is 35.0. The smallest absolute Gasteiger partial charge is 0.361 e. The molecule has 9 nitrogen and oxygen atoms in total. The number of carboxylic acids is 1. The normalized spacial score (nSPS) is 13.6. The van der Waals surface area contributed by atoms with Crippen molar-refractivity contribution in [3.05, 3.63) is 146 Å². The summed E-state index contributed by atoms with van der Waals surface area (Å²) in [5.41, 5.74) is 0. The molecule has 0 aromatic heterocycles. The summed E-state index contributed by atoms with van der Waals surface area (Å²) in [7, 11) is 5.96. The molecule has 0 aromatic rings. The molecular formula is C78H130NO8+. The quantitative estimate of drug-likeness (QED) is 0.0211. The maximum absolute atomic E-state index is 12.9. The van der Waals surface area contributed by atoms with Crippen LogP contribution in [0, 0.1) is 0 Å². The Balaban J connectivity index is 4.15. The number of allylic oxidation sites excluding steroid dienone is 24. The molecule has 1 N–H and O–H groups in total. The van der Waals surface area contributed by atoms with Gasteiger partial charge >= 0.3 is 17.9 Å². The van der Waals surface area contributed by atoms with Gasteiger partial charge < -0.3 is 28.5 Å². The molecule has 0 aliphatic carbocycles. The summed E-state index contributed by atoms with van der Waals surface area (Å²) in [5, 5.41) is 9.75. The number of hydrogen-bond acceptors (Lipinski definition) is 7. The summed E-state index contributed by atoms with van der Waals surface area (Å²) in [6.45, 7) is 4.63. The fourth-order valence-electron chi connectivity index (χ4n) is 9.32. The third kappa shape index (κ3) is 68.5. The van der Waals surface area contributed by atoms with Gasteiger partial charge in [0.2, 0.25) is 0 Å². The third-order valence-corrected chi connectivity index (χ3v) is 14.6. The van der Waals surface area contributed by atoms with Crippen molar-refractivity contribution in [3.8, 4) is 0 Å². The standard InChI is InChI=1S/C78H129NO8/c1-6-8-10-12-14-16-18-20-22-24-26-28-30-32-34-35-36-37-38-39-40-41-43-44-46-48-50-52-54-56-58-60-62-64-66-68-75(80)85-72-74(73-86-78(77(82)83)84-71-70-79(3,4)5)87-76(81)69-67-65-63-61-59-57-55-53-51-49-47-45-42-33-31-29-27-25-23-21-19-17-15-13-11-9-7-2/h8-11,14-17,20-23,26-29,32-34,42,47,49,53,55,74,78H,6-7,12-13,18-19,24-25,30-31,35-41,43-46,48,50-52,54,56-73H2,1-5H3/p+1/b10-8-,11-9-,16-14-,17-15-,22-20-,23-21-,28-26-,29-27-,34-32-,42-33-,49-47-,55-53-. The number of likely N-dealkylation sites (N-methyl/N-ethyl adjacent to an activating group) is 1. The highest BCUT2D eigenvalue weighted by atomic mass is 16.7. The second-order valence-corrected chi connectivity index (χ2v) is 24.1. The van der Waals surface area contributed by atoms with Gasteiger partial charge in [0.1, 0.15) is 13.2 Å². The summed E-state index contributed by atoms with van der Waals surface area (Å²) in [4.78, 5) is 37.6. The Bertz CT molecular complexity index is 1940. The molecule has 0 saturated carbocycles. The fourth-order valence-corrected chi connectivity index (χ4v) is 9.32. The SMILES string of the molecule is CC/C=C\C/C=C\C/C=C\C/C=C\C/C=C\C/C=C\C/C=C\CCCCCCCC(=O)OC(COC(=O)CCCCCCCCCCCCCCCCCCCCC/C=C\C/C=C\C/C=C\C/C=C\C/C=C\CC)COC(OCC[N+](C)(C)C)C(=O)O. The minimum absolute atomic E-state index is 0.177.